The van der Waals surface area contributed by atoms with E-state index in [1.54, 1.807) is 0 Å². The molecule has 0 aromatic carbocycles. The molecule has 0 spiro atoms. The smallest absolute Gasteiger partial charge is 0.310 e. The second-order valence-corrected chi connectivity index (χ2v) is 2.32. The quantitative estimate of drug-likeness (QED) is 0.659. The van der Waals surface area contributed by atoms with E-state index in [-0.39, 0.29) is 0 Å². The van der Waals surface area contributed by atoms with Gasteiger partial charge in [-0.25, -0.2) is 0 Å². The number of hydrogen-bond acceptors (Lipinski definition) is 2. The maximum Gasteiger partial charge on any atom is 0.412 e. The highest BCUT2D eigenvalue weighted by Crippen LogP contribution is 2.28. The van der Waals surface area contributed by atoms with E-state index in [0.29, 0.717) is 0 Å². The lowest BCUT2D eigenvalue weighted by atomic mass is 10.2. The zero-order chi connectivity index (χ0) is 10.7. The summed E-state index contributed by atoms with van der Waals surface area (Å²) in [5.41, 5.74) is 0. The number of ether oxygens (including phenoxy) is 1. The molecule has 0 saturated carbocycles. The van der Waals surface area contributed by atoms with Gasteiger partial charge >= 0.3 is 12.3 Å². The third kappa shape index (κ3) is 4.62. The van der Waals surface area contributed by atoms with Crippen LogP contribution >= 0.6 is 0 Å². The Hall–Kier alpha value is -0.900. The molecular formula is C6H6F5NO. The van der Waals surface area contributed by atoms with Crippen LogP contribution in [0.25, 0.3) is 0 Å². The van der Waals surface area contributed by atoms with Gasteiger partial charge in [0.1, 0.15) is 12.5 Å². The molecule has 2 nitrogen and oxygen atoms in total. The first-order valence-corrected chi connectivity index (χ1v) is 3.17. The van der Waals surface area contributed by atoms with Crippen LogP contribution in [0.15, 0.2) is 0 Å². The van der Waals surface area contributed by atoms with Gasteiger partial charge in [0, 0.05) is 0 Å². The van der Waals surface area contributed by atoms with Crippen LogP contribution in [-0.2, 0) is 4.74 Å². The van der Waals surface area contributed by atoms with E-state index in [1.807, 2.05) is 0 Å². The Morgan fingerprint density at radius 2 is 1.77 bits per heavy atom. The van der Waals surface area contributed by atoms with E-state index in [2.05, 4.69) is 4.74 Å². The van der Waals surface area contributed by atoms with Crippen molar-refractivity contribution >= 4 is 0 Å². The molecule has 0 aromatic rings. The molecular weight excluding hydrogens is 197 g/mol. The van der Waals surface area contributed by atoms with E-state index >= 15 is 0 Å². The topological polar surface area (TPSA) is 33.0 Å². The van der Waals surface area contributed by atoms with Gasteiger partial charge in [0.2, 0.25) is 0 Å². The van der Waals surface area contributed by atoms with Crippen molar-refractivity contribution in [2.75, 3.05) is 6.61 Å². The Bertz CT molecular complexity index is 206. The molecule has 0 aliphatic rings. The molecule has 7 heteroatoms. The van der Waals surface area contributed by atoms with Gasteiger partial charge < -0.3 is 4.74 Å². The molecule has 0 aliphatic carbocycles. The summed E-state index contributed by atoms with van der Waals surface area (Å²) in [6.07, 6.45) is -8.89. The molecule has 13 heavy (non-hydrogen) atoms. The minimum Gasteiger partial charge on any atom is -0.310 e. The zero-order valence-electron chi connectivity index (χ0n) is 6.53. The maximum absolute atomic E-state index is 12.4. The van der Waals surface area contributed by atoms with Crippen LogP contribution in [0.2, 0.25) is 0 Å². The SMILES string of the molecule is CC(C#N)C(F)(F)OCC(F)(F)F. The van der Waals surface area contributed by atoms with Gasteiger partial charge in [-0.05, 0) is 6.92 Å². The van der Waals surface area contributed by atoms with E-state index in [0.717, 1.165) is 13.0 Å². The normalized spacial score (nSPS) is 15.2. The van der Waals surface area contributed by atoms with Gasteiger partial charge in [-0.15, -0.1) is 0 Å². The van der Waals surface area contributed by atoms with Crippen LogP contribution in [0.5, 0.6) is 0 Å². The largest absolute Gasteiger partial charge is 0.412 e. The zero-order valence-corrected chi connectivity index (χ0v) is 6.53. The highest BCUT2D eigenvalue weighted by molar-refractivity contribution is 4.85. The predicted molar refractivity (Wildman–Crippen MR) is 31.7 cm³/mol. The number of nitrogens with zero attached hydrogens (tertiary/aromatic N) is 1. The van der Waals surface area contributed by atoms with Crippen LogP contribution < -0.4 is 0 Å². The first kappa shape index (κ1) is 12.1. The Morgan fingerprint density at radius 3 is 2.08 bits per heavy atom. The monoisotopic (exact) mass is 203 g/mol. The lowest BCUT2D eigenvalue weighted by Crippen LogP contribution is -2.33. The molecule has 1 atom stereocenters. The van der Waals surface area contributed by atoms with Crippen molar-refractivity contribution in [3.05, 3.63) is 0 Å². The van der Waals surface area contributed by atoms with Crippen molar-refractivity contribution < 1.29 is 26.7 Å². The van der Waals surface area contributed by atoms with E-state index in [9.17, 15) is 22.0 Å². The van der Waals surface area contributed by atoms with Gasteiger partial charge in [-0.3, -0.25) is 0 Å². The maximum atomic E-state index is 12.4. The summed E-state index contributed by atoms with van der Waals surface area (Å²) in [5.74, 6) is -1.91. The van der Waals surface area contributed by atoms with Crippen LogP contribution in [0.1, 0.15) is 6.92 Å². The van der Waals surface area contributed by atoms with Gasteiger partial charge in [-0.1, -0.05) is 0 Å². The van der Waals surface area contributed by atoms with Crippen molar-refractivity contribution in [3.63, 3.8) is 0 Å². The van der Waals surface area contributed by atoms with Crippen molar-refractivity contribution in [3.8, 4) is 6.07 Å². The molecule has 0 amide bonds. The molecule has 0 radical (unpaired) electrons. The number of halogens is 5. The summed E-state index contributed by atoms with van der Waals surface area (Å²) < 4.78 is 62.3. The first-order chi connectivity index (χ1) is 5.69. The standard InChI is InChI=1S/C6H6F5NO/c1-4(2-12)6(10,11)13-3-5(7,8)9/h4H,3H2,1H3. The molecule has 0 aromatic heterocycles. The molecule has 0 saturated heterocycles. The average molecular weight is 203 g/mol. The van der Waals surface area contributed by atoms with Crippen molar-refractivity contribution in [1.82, 2.24) is 0 Å². The van der Waals surface area contributed by atoms with Gasteiger partial charge in [-0.2, -0.15) is 27.2 Å². The Kier molecular flexibility index (Phi) is 3.60. The lowest BCUT2D eigenvalue weighted by Gasteiger charge is -2.19. The molecule has 1 unspecified atom stereocenters. The van der Waals surface area contributed by atoms with Crippen molar-refractivity contribution in [1.29, 1.82) is 5.26 Å². The summed E-state index contributed by atoms with van der Waals surface area (Å²) in [6.45, 7) is -1.29. The Labute approximate surface area is 70.9 Å². The van der Waals surface area contributed by atoms with E-state index in [1.165, 1.54) is 0 Å². The second kappa shape index (κ2) is 3.87. The van der Waals surface area contributed by atoms with E-state index in [4.69, 9.17) is 5.26 Å². The fourth-order valence-corrected chi connectivity index (χ4v) is 0.378. The number of hydrogen-bond donors (Lipinski definition) is 0. The molecule has 0 heterocycles. The van der Waals surface area contributed by atoms with Crippen LogP contribution in [0, 0.1) is 17.2 Å². The Morgan fingerprint density at radius 1 is 1.31 bits per heavy atom. The first-order valence-electron chi connectivity index (χ1n) is 3.17. The van der Waals surface area contributed by atoms with Crippen molar-refractivity contribution in [2.45, 2.75) is 19.2 Å². The highest BCUT2D eigenvalue weighted by atomic mass is 19.4. The fraction of sp³-hybridized carbons (Fsp3) is 0.833. The summed E-state index contributed by atoms with van der Waals surface area (Å²) in [6, 6.07) is 1.10. The van der Waals surface area contributed by atoms with E-state index < -0.39 is 24.8 Å². The molecule has 0 aliphatic heterocycles. The molecule has 0 N–H and O–H groups in total. The van der Waals surface area contributed by atoms with Crippen LogP contribution in [0.4, 0.5) is 22.0 Å². The number of alkyl halides is 5. The van der Waals surface area contributed by atoms with Crippen LogP contribution in [-0.4, -0.2) is 18.9 Å². The van der Waals surface area contributed by atoms with Gasteiger partial charge in [0.15, 0.2) is 0 Å². The average Bonchev–Trinajstić information content (AvgIpc) is 1.98. The predicted octanol–water partition coefficient (Wildman–Crippen LogP) is 2.32. The van der Waals surface area contributed by atoms with Gasteiger partial charge in [0.25, 0.3) is 0 Å². The summed E-state index contributed by atoms with van der Waals surface area (Å²) >= 11 is 0. The molecule has 0 bridgehead atoms. The molecule has 0 rings (SSSR count). The highest BCUT2D eigenvalue weighted by Gasteiger charge is 2.42. The summed E-state index contributed by atoms with van der Waals surface area (Å²) in [7, 11) is 0. The lowest BCUT2D eigenvalue weighted by molar-refractivity contribution is -0.301. The second-order valence-electron chi connectivity index (χ2n) is 2.32. The van der Waals surface area contributed by atoms with Crippen molar-refractivity contribution in [2.24, 2.45) is 5.92 Å². The van der Waals surface area contributed by atoms with Gasteiger partial charge in [0.05, 0.1) is 6.07 Å². The molecule has 76 valence electrons. The minimum absolute atomic E-state index is 0.774. The van der Waals surface area contributed by atoms with Crippen LogP contribution in [0.3, 0.4) is 0 Å². The number of nitriles is 1. The number of rotatable bonds is 3. The summed E-state index contributed by atoms with van der Waals surface area (Å²) in [5, 5.41) is 8.01. The third-order valence-corrected chi connectivity index (χ3v) is 1.13. The fourth-order valence-electron chi connectivity index (χ4n) is 0.378. The third-order valence-electron chi connectivity index (χ3n) is 1.13. The molecule has 0 fully saturated rings. The minimum atomic E-state index is -4.82. The summed E-state index contributed by atoms with van der Waals surface area (Å²) in [4.78, 5) is 0. The Balaban J connectivity index is 4.13.